The predicted octanol–water partition coefficient (Wildman–Crippen LogP) is 3.90. The van der Waals surface area contributed by atoms with Crippen LogP contribution in [0.5, 0.6) is 0 Å². The molecule has 4 aromatic rings. The molecule has 0 atom stereocenters. The van der Waals surface area contributed by atoms with Crippen molar-refractivity contribution in [2.24, 2.45) is 0 Å². The standard InChI is InChI=1S/C21H17FN4O2S/c1-29(27,28)15-8-9-18(22)17(10-15)14-11-23-21(24-12-14)26-19-5-3-2-4-16(19)20(25-26)13-6-7-13/h2-5,8-13H,6-7H2,1H3. The number of nitrogens with zero attached hydrogens (tertiary/aromatic N) is 4. The topological polar surface area (TPSA) is 77.7 Å². The lowest BCUT2D eigenvalue weighted by molar-refractivity contribution is 0.600. The fraction of sp³-hybridized carbons (Fsp3) is 0.190. The predicted molar refractivity (Wildman–Crippen MR) is 107 cm³/mol. The van der Waals surface area contributed by atoms with Crippen molar-refractivity contribution in [1.29, 1.82) is 0 Å². The van der Waals surface area contributed by atoms with Crippen molar-refractivity contribution in [2.45, 2.75) is 23.7 Å². The summed E-state index contributed by atoms with van der Waals surface area (Å²) in [7, 11) is -3.45. The van der Waals surface area contributed by atoms with Crippen molar-refractivity contribution in [3.05, 3.63) is 66.4 Å². The van der Waals surface area contributed by atoms with Crippen LogP contribution in [0.15, 0.2) is 59.8 Å². The zero-order valence-electron chi connectivity index (χ0n) is 15.6. The van der Waals surface area contributed by atoms with Crippen molar-refractivity contribution < 1.29 is 12.8 Å². The number of rotatable bonds is 4. The van der Waals surface area contributed by atoms with Crippen molar-refractivity contribution in [3.8, 4) is 17.1 Å². The Balaban J connectivity index is 1.58. The molecule has 0 saturated heterocycles. The van der Waals surface area contributed by atoms with Gasteiger partial charge in [-0.25, -0.2) is 22.8 Å². The van der Waals surface area contributed by atoms with E-state index in [2.05, 4.69) is 9.97 Å². The lowest BCUT2D eigenvalue weighted by Crippen LogP contribution is -2.04. The van der Waals surface area contributed by atoms with Gasteiger partial charge in [0.1, 0.15) is 5.82 Å². The first kappa shape index (κ1) is 17.9. The van der Waals surface area contributed by atoms with Crippen LogP contribution in [0.2, 0.25) is 0 Å². The highest BCUT2D eigenvalue weighted by Gasteiger charge is 2.29. The molecule has 0 unspecified atom stereocenters. The summed E-state index contributed by atoms with van der Waals surface area (Å²) < 4.78 is 39.6. The van der Waals surface area contributed by atoms with Gasteiger partial charge >= 0.3 is 0 Å². The third-order valence-electron chi connectivity index (χ3n) is 5.08. The molecule has 1 saturated carbocycles. The molecule has 0 aliphatic heterocycles. The largest absolute Gasteiger partial charge is 0.251 e. The Kier molecular flexibility index (Phi) is 3.99. The van der Waals surface area contributed by atoms with Gasteiger partial charge in [0.05, 0.1) is 16.1 Å². The Morgan fingerprint density at radius 3 is 2.48 bits per heavy atom. The molecule has 1 fully saturated rings. The molecule has 1 aliphatic rings. The number of benzene rings is 2. The molecule has 0 spiro atoms. The van der Waals surface area contributed by atoms with Gasteiger partial charge in [0, 0.05) is 41.1 Å². The maximum atomic E-state index is 14.3. The van der Waals surface area contributed by atoms with E-state index < -0.39 is 15.7 Å². The van der Waals surface area contributed by atoms with Gasteiger partial charge in [0.15, 0.2) is 9.84 Å². The van der Waals surface area contributed by atoms with E-state index in [4.69, 9.17) is 5.10 Å². The fourth-order valence-electron chi connectivity index (χ4n) is 3.43. The molecular weight excluding hydrogens is 391 g/mol. The summed E-state index contributed by atoms with van der Waals surface area (Å²) >= 11 is 0. The van der Waals surface area contributed by atoms with Crippen molar-refractivity contribution in [1.82, 2.24) is 19.7 Å². The van der Waals surface area contributed by atoms with Crippen LogP contribution in [0.1, 0.15) is 24.5 Å². The highest BCUT2D eigenvalue weighted by Crippen LogP contribution is 2.42. The van der Waals surface area contributed by atoms with Crippen LogP contribution in [0, 0.1) is 5.82 Å². The minimum atomic E-state index is -3.45. The Hall–Kier alpha value is -3.13. The van der Waals surface area contributed by atoms with Crippen LogP contribution >= 0.6 is 0 Å². The first-order chi connectivity index (χ1) is 13.9. The number of aromatic nitrogens is 4. The minimum Gasteiger partial charge on any atom is -0.224 e. The summed E-state index contributed by atoms with van der Waals surface area (Å²) in [6.45, 7) is 0. The second-order valence-corrected chi connectivity index (χ2v) is 9.29. The number of hydrogen-bond donors (Lipinski definition) is 0. The van der Waals surface area contributed by atoms with E-state index >= 15 is 0 Å². The Morgan fingerprint density at radius 2 is 1.79 bits per heavy atom. The Morgan fingerprint density at radius 1 is 1.07 bits per heavy atom. The third kappa shape index (κ3) is 3.19. The molecule has 0 bridgehead atoms. The molecule has 29 heavy (non-hydrogen) atoms. The molecule has 1 aliphatic carbocycles. The van der Waals surface area contributed by atoms with Crippen molar-refractivity contribution in [2.75, 3.05) is 6.26 Å². The first-order valence-corrected chi connectivity index (χ1v) is 11.1. The average Bonchev–Trinajstić information content (AvgIpc) is 3.48. The molecule has 2 aromatic carbocycles. The average molecular weight is 408 g/mol. The minimum absolute atomic E-state index is 0.0464. The lowest BCUT2D eigenvalue weighted by Gasteiger charge is -2.07. The van der Waals surface area contributed by atoms with Crippen LogP contribution in [-0.2, 0) is 9.84 Å². The smallest absolute Gasteiger partial charge is 0.224 e. The van der Waals surface area contributed by atoms with Crippen LogP contribution in [0.3, 0.4) is 0 Å². The Labute approximate surface area is 167 Å². The third-order valence-corrected chi connectivity index (χ3v) is 6.19. The highest BCUT2D eigenvalue weighted by atomic mass is 32.2. The first-order valence-electron chi connectivity index (χ1n) is 9.22. The molecule has 0 amide bonds. The van der Waals surface area contributed by atoms with E-state index in [1.165, 1.54) is 24.5 Å². The molecule has 0 N–H and O–H groups in total. The second kappa shape index (κ2) is 6.45. The molecular formula is C21H17FN4O2S. The van der Waals surface area contributed by atoms with Gasteiger partial charge in [-0.3, -0.25) is 0 Å². The molecule has 8 heteroatoms. The van der Waals surface area contributed by atoms with Gasteiger partial charge in [0.2, 0.25) is 0 Å². The van der Waals surface area contributed by atoms with Gasteiger partial charge < -0.3 is 0 Å². The summed E-state index contributed by atoms with van der Waals surface area (Å²) in [5.41, 5.74) is 2.52. The van der Waals surface area contributed by atoms with E-state index in [-0.39, 0.29) is 10.5 Å². The monoisotopic (exact) mass is 408 g/mol. The van der Waals surface area contributed by atoms with Crippen LogP contribution < -0.4 is 0 Å². The molecule has 0 radical (unpaired) electrons. The SMILES string of the molecule is CS(=O)(=O)c1ccc(F)c(-c2cnc(-n3nc(C4CC4)c4ccccc43)nc2)c1. The molecule has 2 aromatic heterocycles. The fourth-order valence-corrected chi connectivity index (χ4v) is 4.07. The quantitative estimate of drug-likeness (QED) is 0.479. The summed E-state index contributed by atoms with van der Waals surface area (Å²) in [4.78, 5) is 8.80. The van der Waals surface area contributed by atoms with E-state index in [9.17, 15) is 12.8 Å². The number of hydrogen-bond acceptors (Lipinski definition) is 5. The van der Waals surface area contributed by atoms with Gasteiger partial charge in [-0.15, -0.1) is 0 Å². The maximum absolute atomic E-state index is 14.3. The van der Waals surface area contributed by atoms with E-state index in [0.717, 1.165) is 41.8 Å². The lowest BCUT2D eigenvalue weighted by atomic mass is 10.1. The van der Waals surface area contributed by atoms with Crippen molar-refractivity contribution in [3.63, 3.8) is 0 Å². The summed E-state index contributed by atoms with van der Waals surface area (Å²) in [6, 6.07) is 11.6. The second-order valence-electron chi connectivity index (χ2n) is 7.27. The van der Waals surface area contributed by atoms with Crippen LogP contribution in [-0.4, -0.2) is 34.4 Å². The number of sulfone groups is 1. The normalized spacial score (nSPS) is 14.4. The van der Waals surface area contributed by atoms with Gasteiger partial charge in [-0.2, -0.15) is 9.78 Å². The zero-order valence-corrected chi connectivity index (χ0v) is 16.4. The van der Waals surface area contributed by atoms with Gasteiger partial charge in [0.25, 0.3) is 5.95 Å². The molecule has 5 rings (SSSR count). The number of fused-ring (bicyclic) bond motifs is 1. The van der Waals surface area contributed by atoms with Gasteiger partial charge in [-0.05, 0) is 37.1 Å². The van der Waals surface area contributed by atoms with Crippen LogP contribution in [0.4, 0.5) is 4.39 Å². The van der Waals surface area contributed by atoms with Crippen LogP contribution in [0.25, 0.3) is 28.0 Å². The number of halogens is 1. The zero-order chi connectivity index (χ0) is 20.2. The Bertz CT molecular complexity index is 1340. The molecule has 146 valence electrons. The number of para-hydroxylation sites is 1. The van der Waals surface area contributed by atoms with E-state index in [1.807, 2.05) is 24.3 Å². The summed E-state index contributed by atoms with van der Waals surface area (Å²) in [5, 5.41) is 5.82. The molecule has 2 heterocycles. The molecule has 6 nitrogen and oxygen atoms in total. The van der Waals surface area contributed by atoms with Gasteiger partial charge in [-0.1, -0.05) is 18.2 Å². The van der Waals surface area contributed by atoms with E-state index in [1.54, 1.807) is 4.68 Å². The summed E-state index contributed by atoms with van der Waals surface area (Å²) in [5.74, 6) is 0.332. The highest BCUT2D eigenvalue weighted by molar-refractivity contribution is 7.90. The van der Waals surface area contributed by atoms with Crippen molar-refractivity contribution >= 4 is 20.7 Å². The summed E-state index contributed by atoms with van der Waals surface area (Å²) in [6.07, 6.45) is 6.33. The maximum Gasteiger partial charge on any atom is 0.251 e. The van der Waals surface area contributed by atoms with E-state index in [0.29, 0.717) is 17.4 Å².